The molecule has 68 heavy (non-hydrogen) atoms. The summed E-state index contributed by atoms with van der Waals surface area (Å²) in [5.74, 6) is -1.52. The number of benzene rings is 3. The van der Waals surface area contributed by atoms with Crippen LogP contribution in [0.2, 0.25) is 0 Å². The van der Waals surface area contributed by atoms with Gasteiger partial charge in [0.25, 0.3) is 0 Å². The van der Waals surface area contributed by atoms with E-state index in [1.54, 1.807) is 18.5 Å². The third kappa shape index (κ3) is 13.4. The summed E-state index contributed by atoms with van der Waals surface area (Å²) in [7, 11) is -4.88. The number of hydrogen-bond acceptors (Lipinski definition) is 17. The maximum atomic E-state index is 15.0. The minimum atomic E-state index is -4.88. The molecule has 0 aliphatic carbocycles. The molecule has 360 valence electrons. The molecule has 0 saturated carbocycles. The van der Waals surface area contributed by atoms with Gasteiger partial charge in [-0.2, -0.15) is 10.2 Å². The maximum Gasteiger partial charge on any atom is 1.00 e. The van der Waals surface area contributed by atoms with Crippen LogP contribution in [-0.2, 0) is 50.5 Å². The maximum absolute atomic E-state index is 15.0. The van der Waals surface area contributed by atoms with E-state index in [1.807, 2.05) is 48.5 Å². The monoisotopic (exact) mass is 976 g/mol. The van der Waals surface area contributed by atoms with E-state index in [9.17, 15) is 31.7 Å². The molecule has 3 aromatic carbocycles. The van der Waals surface area contributed by atoms with Crippen molar-refractivity contribution in [2.24, 2.45) is 5.92 Å². The van der Waals surface area contributed by atoms with Gasteiger partial charge in [-0.3, -0.25) is 8.98 Å². The predicted molar refractivity (Wildman–Crippen MR) is 233 cm³/mol. The number of ether oxygens (including phenoxy) is 5. The van der Waals surface area contributed by atoms with Crippen molar-refractivity contribution in [3.63, 3.8) is 0 Å². The summed E-state index contributed by atoms with van der Waals surface area (Å²) in [6.45, 7) is 8.11. The van der Waals surface area contributed by atoms with Crippen LogP contribution >= 0.6 is 0 Å². The van der Waals surface area contributed by atoms with Crippen LogP contribution < -0.4 is 49.8 Å². The summed E-state index contributed by atoms with van der Waals surface area (Å²) in [5.41, 5.74) is 1.40. The molecule has 0 bridgehead atoms. The number of esters is 1. The Labute approximate surface area is 413 Å². The predicted octanol–water partition coefficient (Wildman–Crippen LogP) is 1.88. The Morgan fingerprint density at radius 3 is 2.19 bits per heavy atom. The zero-order valence-electron chi connectivity index (χ0n) is 38.0. The van der Waals surface area contributed by atoms with Crippen molar-refractivity contribution in [1.82, 2.24) is 29.1 Å². The third-order valence-electron chi connectivity index (χ3n) is 11.5. The molecule has 2 aliphatic heterocycles. The summed E-state index contributed by atoms with van der Waals surface area (Å²) in [6.07, 6.45) is 1.37. The zero-order valence-corrected chi connectivity index (χ0v) is 40.8. The van der Waals surface area contributed by atoms with E-state index >= 15 is 4.39 Å². The van der Waals surface area contributed by atoms with Crippen LogP contribution in [0.3, 0.4) is 0 Å². The van der Waals surface area contributed by atoms with E-state index < -0.39 is 70.5 Å². The van der Waals surface area contributed by atoms with Gasteiger partial charge in [0.1, 0.15) is 48.1 Å². The van der Waals surface area contributed by atoms with E-state index in [0.29, 0.717) is 37.5 Å². The second-order valence-corrected chi connectivity index (χ2v) is 17.2. The molecule has 2 aliphatic rings. The van der Waals surface area contributed by atoms with Crippen LogP contribution in [0.1, 0.15) is 58.1 Å². The van der Waals surface area contributed by atoms with Crippen LogP contribution in [0, 0.1) is 17.6 Å². The van der Waals surface area contributed by atoms with Crippen molar-refractivity contribution in [2.75, 3.05) is 55.8 Å². The molecule has 0 amide bonds. The summed E-state index contributed by atoms with van der Waals surface area (Å²) in [5, 5.41) is 8.48. The number of anilines is 2. The van der Waals surface area contributed by atoms with E-state index in [2.05, 4.69) is 29.2 Å². The van der Waals surface area contributed by atoms with E-state index in [4.69, 9.17) is 23.7 Å². The number of nitrogens with zero attached hydrogens (tertiary/aromatic N) is 8. The first-order valence-corrected chi connectivity index (χ1v) is 23.0. The Balaban J connectivity index is 0.00000761. The smallest absolute Gasteiger partial charge is 0.726 e. The number of piperazine rings is 1. The number of carbonyl (C=O) groups excluding carboxylic acids is 2. The normalized spacial score (nSPS) is 18.6. The van der Waals surface area contributed by atoms with Crippen molar-refractivity contribution >= 4 is 33.9 Å². The Kier molecular flexibility index (Phi) is 17.8. The quantitative estimate of drug-likeness (QED) is 0.0271. The number of halogens is 2. The first kappa shape index (κ1) is 52.0. The molecule has 2 fully saturated rings. The van der Waals surface area contributed by atoms with Gasteiger partial charge in [-0.05, 0) is 80.8 Å². The molecule has 0 N–H and O–H groups in total. The average molecular weight is 977 g/mol. The molecule has 7 rings (SSSR count). The summed E-state index contributed by atoms with van der Waals surface area (Å²) >= 11 is 0. The largest absolute Gasteiger partial charge is 1.00 e. The molecule has 0 radical (unpaired) electrons. The number of hydrogen-bond donors (Lipinski definition) is 0. The van der Waals surface area contributed by atoms with E-state index in [1.165, 1.54) is 47.3 Å². The number of rotatable bonds is 20. The molecule has 2 saturated heterocycles. The fourth-order valence-corrected chi connectivity index (χ4v) is 8.59. The summed E-state index contributed by atoms with van der Waals surface area (Å²) < 4.78 is 96.3. The zero-order chi connectivity index (χ0) is 47.7. The molecule has 2 unspecified atom stereocenters. The SMILES string of the molecule is CC[C@@H](C(C)OC(=O)OC(C)OC(=O)CCCOS(=O)(=O)[O-])n1ncn(-c2ccc(N3CCN(c4ccc(OC[C@@H]5CO[C@@](Cn6cncn6)(c6ccc(F)cc6F)C5)cc4)CC3)cc2)c1=O.[Na+]. The molecule has 4 heterocycles. The van der Waals surface area contributed by atoms with Crippen LogP contribution in [-0.4, -0.2) is 113 Å². The third-order valence-corrected chi connectivity index (χ3v) is 12.0. The van der Waals surface area contributed by atoms with E-state index in [-0.39, 0.29) is 60.4 Å². The Morgan fingerprint density at radius 1 is 0.912 bits per heavy atom. The molecule has 2 aromatic heterocycles. The standard InChI is InChI=1S/C44H52F2N8O12S.Na/c1-4-40(30(2)64-43(57)66-31(3)65-41(55)6-5-21-63-67(58,59)60)54-42(56)53(29-49-54)36-10-8-34(9-11-36)50-17-19-51(20-18-50)35-12-14-37(15-13-35)61-24-32-23-44(62-25-32,26-52-28-47-27-48-52)38-16-7-33(45)22-39(38)46;/h7-16,22,27-32,40H,4-6,17-21,23-26H2,1-3H3,(H,58,59,60);/q;+1/p-1/t30?,31?,32-,40+,44+;/m1./s1. The van der Waals surface area contributed by atoms with Crippen molar-refractivity contribution in [1.29, 1.82) is 0 Å². The van der Waals surface area contributed by atoms with Crippen LogP contribution in [0.4, 0.5) is 25.0 Å². The average Bonchev–Trinajstić information content (AvgIpc) is 4.06. The van der Waals surface area contributed by atoms with Gasteiger partial charge in [-0.25, -0.2) is 45.7 Å². The van der Waals surface area contributed by atoms with Gasteiger partial charge < -0.3 is 38.0 Å². The van der Waals surface area contributed by atoms with Crippen LogP contribution in [0.15, 0.2) is 90.5 Å². The molecule has 20 nitrogen and oxygen atoms in total. The minimum Gasteiger partial charge on any atom is -0.726 e. The van der Waals surface area contributed by atoms with Crippen molar-refractivity contribution in [2.45, 2.75) is 77.0 Å². The first-order chi connectivity index (χ1) is 32.1. The molecule has 5 atom stereocenters. The summed E-state index contributed by atoms with van der Waals surface area (Å²) in [4.78, 5) is 46.6. The molecule has 24 heteroatoms. The fraction of sp³-hybridized carbons (Fsp3) is 0.455. The summed E-state index contributed by atoms with van der Waals surface area (Å²) in [6, 6.07) is 18.3. The van der Waals surface area contributed by atoms with Gasteiger partial charge in [0.05, 0.1) is 38.1 Å². The molecule has 5 aromatic rings. The fourth-order valence-electron chi connectivity index (χ4n) is 8.26. The Morgan fingerprint density at radius 2 is 1.57 bits per heavy atom. The number of aromatic nitrogens is 6. The topological polar surface area (TPSA) is 224 Å². The van der Waals surface area contributed by atoms with Gasteiger partial charge in [0, 0.05) is 68.4 Å². The number of carbonyl (C=O) groups is 2. The van der Waals surface area contributed by atoms with E-state index in [0.717, 1.165) is 43.6 Å². The molecule has 0 spiro atoms. The van der Waals surface area contributed by atoms with Gasteiger partial charge in [0.15, 0.2) is 0 Å². The first-order valence-electron chi connectivity index (χ1n) is 21.7. The van der Waals surface area contributed by atoms with Crippen LogP contribution in [0.5, 0.6) is 5.75 Å². The minimum absolute atomic E-state index is 0. The second kappa shape index (κ2) is 23.2. The Hall–Kier alpha value is -5.43. The van der Waals surface area contributed by atoms with Gasteiger partial charge >= 0.3 is 47.4 Å². The van der Waals surface area contributed by atoms with Crippen molar-refractivity contribution < 1.29 is 88.8 Å². The van der Waals surface area contributed by atoms with Gasteiger partial charge in [-0.1, -0.05) is 13.0 Å². The van der Waals surface area contributed by atoms with Gasteiger partial charge in [-0.15, -0.1) is 0 Å². The van der Waals surface area contributed by atoms with Crippen molar-refractivity contribution in [3.05, 3.63) is 113 Å². The van der Waals surface area contributed by atoms with Crippen LogP contribution in [0.25, 0.3) is 5.69 Å². The van der Waals surface area contributed by atoms with Gasteiger partial charge in [0.2, 0.25) is 16.7 Å². The molecular weight excluding hydrogens is 926 g/mol. The Bertz CT molecular complexity index is 2620. The second-order valence-electron chi connectivity index (χ2n) is 16.2. The molecular formula is C44H51F2N8NaO12S. The van der Waals surface area contributed by atoms with Crippen molar-refractivity contribution in [3.8, 4) is 11.4 Å².